The number of alkyl halides is 3. The van der Waals surface area contributed by atoms with E-state index in [4.69, 9.17) is 4.74 Å². The average Bonchev–Trinajstić information content (AvgIpc) is 3.37. The van der Waals surface area contributed by atoms with Crippen LogP contribution in [0.1, 0.15) is 46.2 Å². The molecule has 1 saturated carbocycles. The first-order valence-corrected chi connectivity index (χ1v) is 8.50. The normalized spacial score (nSPS) is 14.1. The van der Waals surface area contributed by atoms with Crippen LogP contribution in [-0.2, 0) is 15.7 Å². The maximum Gasteiger partial charge on any atom is 0.418 e. The summed E-state index contributed by atoms with van der Waals surface area (Å²) in [6, 6.07) is 6.72. The van der Waals surface area contributed by atoms with Crippen molar-refractivity contribution in [1.29, 1.82) is 0 Å². The monoisotopic (exact) mass is 380 g/mol. The van der Waals surface area contributed by atoms with Crippen molar-refractivity contribution in [3.05, 3.63) is 52.8 Å². The maximum absolute atomic E-state index is 13.0. The number of hydrogen-bond donors (Lipinski definition) is 1. The molecule has 27 heavy (non-hydrogen) atoms. The Bertz CT molecular complexity index is 883. The zero-order valence-electron chi connectivity index (χ0n) is 14.9. The Morgan fingerprint density at radius 2 is 1.89 bits per heavy atom. The van der Waals surface area contributed by atoms with E-state index in [1.54, 1.807) is 6.07 Å². The summed E-state index contributed by atoms with van der Waals surface area (Å²) in [5.74, 6) is -1.51. The third kappa shape index (κ3) is 4.15. The summed E-state index contributed by atoms with van der Waals surface area (Å²) in [6.07, 6.45) is -2.47. The predicted octanol–water partition coefficient (Wildman–Crippen LogP) is 4.25. The van der Waals surface area contributed by atoms with Gasteiger partial charge in [0, 0.05) is 17.4 Å². The van der Waals surface area contributed by atoms with Crippen LogP contribution in [0.4, 0.5) is 18.9 Å². The Morgan fingerprint density at radius 3 is 2.52 bits per heavy atom. The van der Waals surface area contributed by atoms with Gasteiger partial charge in [-0.25, -0.2) is 4.79 Å². The number of carbonyl (C=O) groups is 2. The first-order chi connectivity index (χ1) is 12.7. The molecule has 1 aromatic heterocycles. The van der Waals surface area contributed by atoms with Crippen molar-refractivity contribution in [2.24, 2.45) is 0 Å². The second-order valence-corrected chi connectivity index (χ2v) is 6.55. The van der Waals surface area contributed by atoms with Crippen molar-refractivity contribution in [2.45, 2.75) is 38.9 Å². The lowest BCUT2D eigenvalue weighted by Gasteiger charge is -2.13. The molecular weight excluding hydrogens is 361 g/mol. The standard InChI is InChI=1S/C19H19F3N2O3/c1-11-9-14(12(2)24(11)13-7-8-13)18(26)27-10-17(25)23-16-6-4-3-5-15(16)19(20,21)22/h3-6,9,13H,7-8,10H2,1-2H3,(H,23,25). The highest BCUT2D eigenvalue weighted by atomic mass is 19.4. The van der Waals surface area contributed by atoms with Gasteiger partial charge in [0.1, 0.15) is 0 Å². The third-order valence-electron chi connectivity index (χ3n) is 4.46. The van der Waals surface area contributed by atoms with Gasteiger partial charge in [-0.2, -0.15) is 13.2 Å². The number of carbonyl (C=O) groups excluding carboxylic acids is 2. The fourth-order valence-electron chi connectivity index (χ4n) is 3.11. The predicted molar refractivity (Wildman–Crippen MR) is 92.5 cm³/mol. The van der Waals surface area contributed by atoms with Gasteiger partial charge >= 0.3 is 12.1 Å². The van der Waals surface area contributed by atoms with Gasteiger partial charge in [0.25, 0.3) is 5.91 Å². The SMILES string of the molecule is Cc1cc(C(=O)OCC(=O)Nc2ccccc2C(F)(F)F)c(C)n1C1CC1. The Kier molecular flexibility index (Phi) is 4.99. The van der Waals surface area contributed by atoms with E-state index >= 15 is 0 Å². The Balaban J connectivity index is 1.63. The van der Waals surface area contributed by atoms with Crippen LogP contribution in [-0.4, -0.2) is 23.1 Å². The number of para-hydroxylation sites is 1. The largest absolute Gasteiger partial charge is 0.452 e. The van der Waals surface area contributed by atoms with Gasteiger partial charge < -0.3 is 14.6 Å². The van der Waals surface area contributed by atoms with Crippen LogP contribution in [0.3, 0.4) is 0 Å². The van der Waals surface area contributed by atoms with Crippen molar-refractivity contribution in [3.8, 4) is 0 Å². The second-order valence-electron chi connectivity index (χ2n) is 6.55. The van der Waals surface area contributed by atoms with Gasteiger partial charge in [-0.15, -0.1) is 0 Å². The van der Waals surface area contributed by atoms with Crippen LogP contribution in [0.15, 0.2) is 30.3 Å². The third-order valence-corrected chi connectivity index (χ3v) is 4.46. The molecule has 1 heterocycles. The minimum absolute atomic E-state index is 0.364. The molecule has 2 aromatic rings. The van der Waals surface area contributed by atoms with Crippen molar-refractivity contribution in [1.82, 2.24) is 4.57 Å². The molecule has 0 spiro atoms. The molecule has 1 aliphatic carbocycles. The van der Waals surface area contributed by atoms with Gasteiger partial charge in [-0.3, -0.25) is 4.79 Å². The molecule has 0 atom stereocenters. The summed E-state index contributed by atoms with van der Waals surface area (Å²) in [4.78, 5) is 24.2. The van der Waals surface area contributed by atoms with Gasteiger partial charge in [0.15, 0.2) is 6.61 Å². The van der Waals surface area contributed by atoms with E-state index in [0.29, 0.717) is 11.6 Å². The van der Waals surface area contributed by atoms with Crippen molar-refractivity contribution < 1.29 is 27.5 Å². The summed E-state index contributed by atoms with van der Waals surface area (Å²) in [7, 11) is 0. The average molecular weight is 380 g/mol. The number of nitrogens with zero attached hydrogens (tertiary/aromatic N) is 1. The number of aryl methyl sites for hydroxylation is 1. The Morgan fingerprint density at radius 1 is 1.22 bits per heavy atom. The first kappa shape index (κ1) is 19.0. The molecule has 5 nitrogen and oxygen atoms in total. The van der Waals surface area contributed by atoms with Crippen molar-refractivity contribution in [2.75, 3.05) is 11.9 Å². The van der Waals surface area contributed by atoms with E-state index in [9.17, 15) is 22.8 Å². The number of anilines is 1. The van der Waals surface area contributed by atoms with E-state index in [2.05, 4.69) is 9.88 Å². The number of amides is 1. The molecule has 3 rings (SSSR count). The number of nitrogens with one attached hydrogen (secondary N) is 1. The van der Waals surface area contributed by atoms with Gasteiger partial charge in [-0.1, -0.05) is 12.1 Å². The summed E-state index contributed by atoms with van der Waals surface area (Å²) >= 11 is 0. The smallest absolute Gasteiger partial charge is 0.418 e. The fourth-order valence-corrected chi connectivity index (χ4v) is 3.11. The molecular formula is C19H19F3N2O3. The molecule has 1 fully saturated rings. The summed E-state index contributed by atoms with van der Waals surface area (Å²) in [6.45, 7) is 3.03. The summed E-state index contributed by atoms with van der Waals surface area (Å²) < 4.78 is 45.9. The minimum atomic E-state index is -4.60. The molecule has 0 aliphatic heterocycles. The summed E-state index contributed by atoms with van der Waals surface area (Å²) in [5, 5.41) is 2.14. The van der Waals surface area contributed by atoms with Crippen LogP contribution in [0.2, 0.25) is 0 Å². The number of halogens is 3. The molecule has 1 aromatic carbocycles. The van der Waals surface area contributed by atoms with Gasteiger partial charge in [0.2, 0.25) is 0 Å². The summed E-state index contributed by atoms with van der Waals surface area (Å²) in [5.41, 5.74) is 0.729. The Labute approximate surface area is 154 Å². The van der Waals surface area contributed by atoms with E-state index in [-0.39, 0.29) is 5.69 Å². The topological polar surface area (TPSA) is 60.3 Å². The fraction of sp³-hybridized carbons (Fsp3) is 0.368. The molecule has 0 unspecified atom stereocenters. The zero-order valence-corrected chi connectivity index (χ0v) is 14.9. The molecule has 0 bridgehead atoms. The van der Waals surface area contributed by atoms with Crippen molar-refractivity contribution in [3.63, 3.8) is 0 Å². The molecule has 144 valence electrons. The van der Waals surface area contributed by atoms with Crippen LogP contribution in [0.5, 0.6) is 0 Å². The van der Waals surface area contributed by atoms with Crippen LogP contribution in [0, 0.1) is 13.8 Å². The lowest BCUT2D eigenvalue weighted by Crippen LogP contribution is -2.23. The van der Waals surface area contributed by atoms with E-state index in [0.717, 1.165) is 36.4 Å². The highest BCUT2D eigenvalue weighted by molar-refractivity contribution is 5.96. The van der Waals surface area contributed by atoms with Gasteiger partial charge in [0.05, 0.1) is 16.8 Å². The highest BCUT2D eigenvalue weighted by Crippen LogP contribution is 2.38. The first-order valence-electron chi connectivity index (χ1n) is 8.50. The highest BCUT2D eigenvalue weighted by Gasteiger charge is 2.33. The second kappa shape index (κ2) is 7.09. The minimum Gasteiger partial charge on any atom is -0.452 e. The number of esters is 1. The lowest BCUT2D eigenvalue weighted by atomic mass is 10.1. The number of benzene rings is 1. The molecule has 1 amide bonds. The van der Waals surface area contributed by atoms with E-state index in [1.807, 2.05) is 13.8 Å². The quantitative estimate of drug-likeness (QED) is 0.789. The van der Waals surface area contributed by atoms with Crippen LogP contribution in [0.25, 0.3) is 0 Å². The molecule has 1 aliphatic rings. The lowest BCUT2D eigenvalue weighted by molar-refractivity contribution is -0.137. The van der Waals surface area contributed by atoms with E-state index < -0.39 is 30.2 Å². The number of aromatic nitrogens is 1. The molecule has 8 heteroatoms. The number of ether oxygens (including phenoxy) is 1. The molecule has 0 saturated heterocycles. The zero-order chi connectivity index (χ0) is 19.8. The maximum atomic E-state index is 13.0. The van der Waals surface area contributed by atoms with Crippen molar-refractivity contribution >= 4 is 17.6 Å². The number of hydrogen-bond acceptors (Lipinski definition) is 3. The number of rotatable bonds is 5. The molecule has 0 radical (unpaired) electrons. The molecule has 1 N–H and O–H groups in total. The van der Waals surface area contributed by atoms with E-state index in [1.165, 1.54) is 12.1 Å². The van der Waals surface area contributed by atoms with Crippen LogP contribution < -0.4 is 5.32 Å². The van der Waals surface area contributed by atoms with Gasteiger partial charge in [-0.05, 0) is 44.9 Å². The Hall–Kier alpha value is -2.77. The van der Waals surface area contributed by atoms with Crippen LogP contribution >= 0.6 is 0 Å².